The minimum atomic E-state index is 0.00757. The summed E-state index contributed by atoms with van der Waals surface area (Å²) in [7, 11) is 0. The van der Waals surface area contributed by atoms with Crippen molar-refractivity contribution in [3.05, 3.63) is 34.9 Å². The maximum atomic E-state index is 12.9. The Kier molecular flexibility index (Phi) is 5.93. The summed E-state index contributed by atoms with van der Waals surface area (Å²) in [4.78, 5) is 14.7. The first kappa shape index (κ1) is 18.4. The molecule has 1 aromatic carbocycles. The van der Waals surface area contributed by atoms with Crippen molar-refractivity contribution in [2.24, 2.45) is 0 Å². The van der Waals surface area contributed by atoms with Crippen LogP contribution in [-0.2, 0) is 9.47 Å². The number of hydrogen-bond donors (Lipinski definition) is 0. The summed E-state index contributed by atoms with van der Waals surface area (Å²) >= 11 is 6.90. The Balaban J connectivity index is 1.66. The van der Waals surface area contributed by atoms with Gasteiger partial charge < -0.3 is 9.47 Å². The van der Waals surface area contributed by atoms with Gasteiger partial charge in [0.25, 0.3) is 5.91 Å². The van der Waals surface area contributed by atoms with Crippen LogP contribution in [0.4, 0.5) is 0 Å². The lowest BCUT2D eigenvalue weighted by atomic mass is 9.89. The highest BCUT2D eigenvalue weighted by atomic mass is 32.2. The van der Waals surface area contributed by atoms with E-state index in [4.69, 9.17) is 21.7 Å². The Labute approximate surface area is 164 Å². The fraction of sp³-hybridized carbons (Fsp3) is 0.600. The van der Waals surface area contributed by atoms with Gasteiger partial charge in [-0.1, -0.05) is 30.0 Å². The Morgan fingerprint density at radius 2 is 1.73 bits per heavy atom. The van der Waals surface area contributed by atoms with Crippen LogP contribution in [0.15, 0.2) is 18.2 Å². The molecule has 140 valence electrons. The van der Waals surface area contributed by atoms with Gasteiger partial charge in [0.1, 0.15) is 4.32 Å². The minimum absolute atomic E-state index is 0.00757. The van der Waals surface area contributed by atoms with Crippen molar-refractivity contribution in [1.82, 2.24) is 4.90 Å². The van der Waals surface area contributed by atoms with Crippen molar-refractivity contribution < 1.29 is 14.3 Å². The van der Waals surface area contributed by atoms with Crippen LogP contribution in [0, 0.1) is 0 Å². The van der Waals surface area contributed by atoms with Crippen molar-refractivity contribution in [1.29, 1.82) is 0 Å². The second-order valence-electron chi connectivity index (χ2n) is 7.13. The number of thiocarbonyl (C=S) groups is 1. The molecule has 4 nitrogen and oxygen atoms in total. The van der Waals surface area contributed by atoms with E-state index in [-0.39, 0.29) is 18.1 Å². The van der Waals surface area contributed by atoms with Crippen LogP contribution in [-0.4, -0.2) is 40.6 Å². The molecule has 0 radical (unpaired) electrons. The van der Waals surface area contributed by atoms with Crippen LogP contribution in [0.1, 0.15) is 72.2 Å². The summed E-state index contributed by atoms with van der Waals surface area (Å²) in [5.41, 5.74) is 3.05. The molecule has 0 bridgehead atoms. The molecule has 3 aliphatic rings. The van der Waals surface area contributed by atoms with Crippen molar-refractivity contribution in [2.75, 3.05) is 25.5 Å². The van der Waals surface area contributed by atoms with E-state index in [9.17, 15) is 4.79 Å². The highest BCUT2D eigenvalue weighted by molar-refractivity contribution is 8.23. The molecule has 3 fully saturated rings. The predicted octanol–water partition coefficient (Wildman–Crippen LogP) is 4.64. The van der Waals surface area contributed by atoms with E-state index in [1.54, 1.807) is 16.7 Å². The van der Waals surface area contributed by atoms with Crippen LogP contribution in [0.3, 0.4) is 0 Å². The van der Waals surface area contributed by atoms with Crippen LogP contribution in [0.25, 0.3) is 0 Å². The maximum Gasteiger partial charge on any atom is 0.259 e. The molecule has 2 unspecified atom stereocenters. The average molecular weight is 392 g/mol. The van der Waals surface area contributed by atoms with Crippen molar-refractivity contribution >= 4 is 34.2 Å². The number of rotatable bonds is 3. The van der Waals surface area contributed by atoms with E-state index < -0.39 is 0 Å². The Morgan fingerprint density at radius 1 is 1.04 bits per heavy atom. The highest BCUT2D eigenvalue weighted by Gasteiger charge is 2.29. The second kappa shape index (κ2) is 8.38. The molecule has 0 aromatic heterocycles. The van der Waals surface area contributed by atoms with E-state index in [0.29, 0.717) is 16.4 Å². The van der Waals surface area contributed by atoms with E-state index in [0.717, 1.165) is 50.2 Å². The van der Waals surface area contributed by atoms with Crippen LogP contribution in [0.2, 0.25) is 0 Å². The van der Waals surface area contributed by atoms with Gasteiger partial charge in [0.2, 0.25) is 0 Å². The van der Waals surface area contributed by atoms with Gasteiger partial charge in [0.15, 0.2) is 0 Å². The molecule has 0 spiro atoms. The largest absolute Gasteiger partial charge is 0.374 e. The summed E-state index contributed by atoms with van der Waals surface area (Å²) in [6.45, 7) is 2.31. The molecule has 4 rings (SSSR count). The number of carbonyl (C=O) groups is 1. The third kappa shape index (κ3) is 3.84. The van der Waals surface area contributed by atoms with Gasteiger partial charge in [0, 0.05) is 31.1 Å². The van der Waals surface area contributed by atoms with Gasteiger partial charge in [-0.3, -0.25) is 9.69 Å². The highest BCUT2D eigenvalue weighted by Crippen LogP contribution is 2.38. The van der Waals surface area contributed by atoms with E-state index in [1.165, 1.54) is 18.4 Å². The number of thioether (sulfide) groups is 1. The standard InChI is InChI=1S/C20H25NO3S2/c22-19(21-9-12-26-20(21)25)14-7-8-15(17-5-1-3-10-23-17)16(13-14)18-6-2-4-11-24-18/h7-8,13,17-18H,1-6,9-12H2. The molecular weight excluding hydrogens is 366 g/mol. The summed E-state index contributed by atoms with van der Waals surface area (Å²) < 4.78 is 12.8. The van der Waals surface area contributed by atoms with E-state index in [2.05, 4.69) is 6.07 Å². The van der Waals surface area contributed by atoms with Gasteiger partial charge in [-0.2, -0.15) is 0 Å². The third-order valence-corrected chi connectivity index (χ3v) is 6.82. The van der Waals surface area contributed by atoms with Gasteiger partial charge >= 0.3 is 0 Å². The zero-order valence-corrected chi connectivity index (χ0v) is 16.6. The van der Waals surface area contributed by atoms with Crippen molar-refractivity contribution in [3.63, 3.8) is 0 Å². The summed E-state index contributed by atoms with van der Waals surface area (Å²) in [5.74, 6) is 0.894. The first-order valence-electron chi connectivity index (χ1n) is 9.60. The van der Waals surface area contributed by atoms with Gasteiger partial charge in [-0.15, -0.1) is 0 Å². The molecule has 0 N–H and O–H groups in total. The minimum Gasteiger partial charge on any atom is -0.374 e. The second-order valence-corrected chi connectivity index (χ2v) is 8.85. The number of nitrogens with zero attached hydrogens (tertiary/aromatic N) is 1. The maximum absolute atomic E-state index is 12.9. The van der Waals surface area contributed by atoms with Crippen LogP contribution in [0.5, 0.6) is 0 Å². The number of ether oxygens (including phenoxy) is 2. The number of benzene rings is 1. The molecule has 1 aromatic rings. The number of carbonyl (C=O) groups excluding carboxylic acids is 1. The van der Waals surface area contributed by atoms with Gasteiger partial charge in [-0.05, 0) is 61.8 Å². The molecule has 3 heterocycles. The lowest BCUT2D eigenvalue weighted by molar-refractivity contribution is -0.000574. The Bertz CT molecular complexity index is 682. The summed E-state index contributed by atoms with van der Waals surface area (Å²) in [5, 5.41) is 0. The molecule has 0 saturated carbocycles. The third-order valence-electron chi connectivity index (χ3n) is 5.39. The number of hydrogen-bond acceptors (Lipinski definition) is 5. The fourth-order valence-corrected chi connectivity index (χ4v) is 5.19. The smallest absolute Gasteiger partial charge is 0.259 e. The quantitative estimate of drug-likeness (QED) is 0.702. The molecule has 1 amide bonds. The molecule has 2 atom stereocenters. The number of amides is 1. The normalized spacial score (nSPS) is 26.9. The van der Waals surface area contributed by atoms with Gasteiger partial charge in [0.05, 0.1) is 12.2 Å². The van der Waals surface area contributed by atoms with E-state index >= 15 is 0 Å². The average Bonchev–Trinajstić information content (AvgIpc) is 3.14. The van der Waals surface area contributed by atoms with Crippen LogP contribution < -0.4 is 0 Å². The molecule has 3 aliphatic heterocycles. The molecule has 0 aliphatic carbocycles. The summed E-state index contributed by atoms with van der Waals surface area (Å²) in [6.07, 6.45) is 6.84. The van der Waals surface area contributed by atoms with Crippen molar-refractivity contribution in [3.8, 4) is 0 Å². The summed E-state index contributed by atoms with van der Waals surface area (Å²) in [6, 6.07) is 6.06. The Hall–Kier alpha value is -0.950. The van der Waals surface area contributed by atoms with Crippen molar-refractivity contribution in [2.45, 2.75) is 50.7 Å². The van der Waals surface area contributed by atoms with E-state index in [1.807, 2.05) is 12.1 Å². The fourth-order valence-electron chi connectivity index (χ4n) is 3.99. The molecule has 6 heteroatoms. The monoisotopic (exact) mass is 391 g/mol. The predicted molar refractivity (Wildman–Crippen MR) is 108 cm³/mol. The zero-order chi connectivity index (χ0) is 17.9. The topological polar surface area (TPSA) is 38.8 Å². The molecular formula is C20H25NO3S2. The van der Waals surface area contributed by atoms with Crippen LogP contribution >= 0.6 is 24.0 Å². The Morgan fingerprint density at radius 3 is 2.31 bits per heavy atom. The lowest BCUT2D eigenvalue weighted by Gasteiger charge is -2.30. The first-order valence-corrected chi connectivity index (χ1v) is 11.0. The van der Waals surface area contributed by atoms with Gasteiger partial charge in [-0.25, -0.2) is 0 Å². The molecule has 26 heavy (non-hydrogen) atoms. The molecule has 3 saturated heterocycles. The lowest BCUT2D eigenvalue weighted by Crippen LogP contribution is -2.31. The zero-order valence-electron chi connectivity index (χ0n) is 14.9. The SMILES string of the molecule is O=C(c1ccc(C2CCCCO2)c(C2CCCCO2)c1)N1CCSC1=S. The first-order chi connectivity index (χ1) is 12.7.